The number of hydrogen-bond donors (Lipinski definition) is 0. The average Bonchev–Trinajstić information content (AvgIpc) is 3.00. The topological polar surface area (TPSA) is 42.0 Å². The lowest BCUT2D eigenvalue weighted by Crippen LogP contribution is -1.87. The molecule has 0 spiro atoms. The molecule has 0 saturated carbocycles. The van der Waals surface area contributed by atoms with Crippen LogP contribution in [0.1, 0.15) is 5.56 Å². The van der Waals surface area contributed by atoms with Crippen LogP contribution >= 0.6 is 0 Å². The summed E-state index contributed by atoms with van der Waals surface area (Å²) in [7, 11) is 0. The van der Waals surface area contributed by atoms with Crippen molar-refractivity contribution in [2.75, 3.05) is 0 Å². The van der Waals surface area contributed by atoms with Crippen molar-refractivity contribution in [1.29, 1.82) is 0 Å². The Morgan fingerprint density at radius 2 is 1.81 bits per heavy atom. The minimum atomic E-state index is -0.568. The average molecular weight is 348 g/mol. The van der Waals surface area contributed by atoms with Gasteiger partial charge in [-0.25, -0.2) is 13.8 Å². The molecule has 0 bridgehead atoms. The van der Waals surface area contributed by atoms with Gasteiger partial charge in [-0.1, -0.05) is 18.2 Å². The molecule has 0 aliphatic heterocycles. The van der Waals surface area contributed by atoms with Crippen LogP contribution in [0, 0.1) is 18.6 Å². The van der Waals surface area contributed by atoms with Gasteiger partial charge in [0, 0.05) is 11.8 Å². The third-order valence-corrected chi connectivity index (χ3v) is 3.95. The molecule has 0 unspecified atom stereocenters. The molecular formula is C20H14F2N4. The van der Waals surface area contributed by atoms with E-state index in [4.69, 9.17) is 0 Å². The summed E-state index contributed by atoms with van der Waals surface area (Å²) < 4.78 is 29.6. The van der Waals surface area contributed by atoms with Gasteiger partial charge in [-0.2, -0.15) is 0 Å². The van der Waals surface area contributed by atoms with E-state index < -0.39 is 11.6 Å². The number of aromatic nitrogens is 2. The second-order valence-electron chi connectivity index (χ2n) is 5.88. The predicted octanol–water partition coefficient (Wildman–Crippen LogP) is 6.00. The second-order valence-corrected chi connectivity index (χ2v) is 5.88. The number of halogens is 2. The zero-order valence-corrected chi connectivity index (χ0v) is 13.9. The van der Waals surface area contributed by atoms with Crippen molar-refractivity contribution in [3.05, 3.63) is 84.1 Å². The van der Waals surface area contributed by atoms with Crippen LogP contribution in [0.15, 0.2) is 77.1 Å². The molecule has 26 heavy (non-hydrogen) atoms. The highest BCUT2D eigenvalue weighted by Crippen LogP contribution is 2.34. The number of imidazole rings is 1. The van der Waals surface area contributed by atoms with Crippen molar-refractivity contribution in [3.8, 4) is 11.3 Å². The van der Waals surface area contributed by atoms with Crippen molar-refractivity contribution in [1.82, 2.24) is 9.38 Å². The molecule has 0 aliphatic rings. The van der Waals surface area contributed by atoms with Crippen LogP contribution in [0.4, 0.5) is 20.3 Å². The molecule has 0 radical (unpaired) electrons. The molecule has 0 saturated heterocycles. The summed E-state index contributed by atoms with van der Waals surface area (Å²) in [5.74, 6) is -0.770. The first-order chi connectivity index (χ1) is 12.6. The standard InChI is InChI=1S/C20H14F2N4/c1-13-5-4-6-15(11-13)24-25-20-19(16-12-14(21)8-9-17(16)22)23-18-7-2-3-10-26(18)20/h2-12H,1H3. The van der Waals surface area contributed by atoms with Gasteiger partial charge in [0.15, 0.2) is 5.82 Å². The van der Waals surface area contributed by atoms with E-state index in [9.17, 15) is 8.78 Å². The highest BCUT2D eigenvalue weighted by Gasteiger charge is 2.17. The van der Waals surface area contributed by atoms with E-state index in [1.807, 2.05) is 43.3 Å². The van der Waals surface area contributed by atoms with Crippen molar-refractivity contribution in [2.45, 2.75) is 6.92 Å². The molecule has 4 rings (SSSR count). The number of hydrogen-bond acceptors (Lipinski definition) is 3. The van der Waals surface area contributed by atoms with Gasteiger partial charge in [0.2, 0.25) is 0 Å². The summed E-state index contributed by atoms with van der Waals surface area (Å²) in [5, 5.41) is 8.54. The zero-order chi connectivity index (χ0) is 18.1. The maximum Gasteiger partial charge on any atom is 0.187 e. The Morgan fingerprint density at radius 1 is 0.923 bits per heavy atom. The number of rotatable bonds is 3. The Bertz CT molecular complexity index is 1130. The predicted molar refractivity (Wildman–Crippen MR) is 95.9 cm³/mol. The van der Waals surface area contributed by atoms with Crippen molar-refractivity contribution >= 4 is 17.2 Å². The third-order valence-electron chi connectivity index (χ3n) is 3.95. The van der Waals surface area contributed by atoms with Gasteiger partial charge >= 0.3 is 0 Å². The fourth-order valence-electron chi connectivity index (χ4n) is 2.73. The van der Waals surface area contributed by atoms with Crippen molar-refractivity contribution in [3.63, 3.8) is 0 Å². The molecule has 0 amide bonds. The minimum Gasteiger partial charge on any atom is -0.283 e. The molecule has 0 atom stereocenters. The molecule has 4 aromatic rings. The van der Waals surface area contributed by atoms with E-state index in [1.54, 1.807) is 16.7 Å². The second kappa shape index (κ2) is 6.48. The maximum absolute atomic E-state index is 14.3. The van der Waals surface area contributed by atoms with E-state index in [2.05, 4.69) is 15.2 Å². The van der Waals surface area contributed by atoms with E-state index in [1.165, 1.54) is 0 Å². The Labute approximate surface area is 148 Å². The fourth-order valence-corrected chi connectivity index (χ4v) is 2.73. The van der Waals surface area contributed by atoms with E-state index >= 15 is 0 Å². The number of aryl methyl sites for hydroxylation is 1. The first kappa shape index (κ1) is 16.1. The first-order valence-corrected chi connectivity index (χ1v) is 8.03. The van der Waals surface area contributed by atoms with Crippen LogP contribution in [-0.2, 0) is 0 Å². The maximum atomic E-state index is 14.3. The normalized spacial score (nSPS) is 11.5. The Morgan fingerprint density at radius 3 is 2.65 bits per heavy atom. The lowest BCUT2D eigenvalue weighted by Gasteiger charge is -2.02. The summed E-state index contributed by atoms with van der Waals surface area (Å²) in [6.07, 6.45) is 1.76. The summed E-state index contributed by atoms with van der Waals surface area (Å²) >= 11 is 0. The highest BCUT2D eigenvalue weighted by molar-refractivity contribution is 5.74. The molecule has 4 nitrogen and oxygen atoms in total. The molecule has 2 aromatic carbocycles. The van der Waals surface area contributed by atoms with Gasteiger partial charge in [0.25, 0.3) is 0 Å². The number of pyridine rings is 1. The van der Waals surface area contributed by atoms with Crippen LogP contribution in [0.3, 0.4) is 0 Å². The van der Waals surface area contributed by atoms with Gasteiger partial charge < -0.3 is 0 Å². The molecule has 128 valence electrons. The van der Waals surface area contributed by atoms with E-state index in [0.717, 1.165) is 23.8 Å². The van der Waals surface area contributed by atoms with Gasteiger partial charge in [0.05, 0.1) is 5.69 Å². The van der Waals surface area contributed by atoms with E-state index in [-0.39, 0.29) is 11.3 Å². The lowest BCUT2D eigenvalue weighted by atomic mass is 10.1. The van der Waals surface area contributed by atoms with Crippen LogP contribution < -0.4 is 0 Å². The number of nitrogens with zero attached hydrogens (tertiary/aromatic N) is 4. The van der Waals surface area contributed by atoms with Crippen LogP contribution in [0.25, 0.3) is 16.9 Å². The zero-order valence-electron chi connectivity index (χ0n) is 13.9. The molecule has 0 N–H and O–H groups in total. The van der Waals surface area contributed by atoms with Crippen molar-refractivity contribution in [2.24, 2.45) is 10.2 Å². The Hall–Kier alpha value is -3.41. The Balaban J connectivity index is 1.91. The summed E-state index contributed by atoms with van der Waals surface area (Å²) in [5.41, 5.74) is 2.58. The quantitative estimate of drug-likeness (QED) is 0.418. The summed E-state index contributed by atoms with van der Waals surface area (Å²) in [6, 6.07) is 16.2. The van der Waals surface area contributed by atoms with Gasteiger partial charge in [0.1, 0.15) is 23.0 Å². The van der Waals surface area contributed by atoms with Crippen LogP contribution in [-0.4, -0.2) is 9.38 Å². The number of fused-ring (bicyclic) bond motifs is 1. The fraction of sp³-hybridized carbons (Fsp3) is 0.0500. The molecule has 2 heterocycles. The highest BCUT2D eigenvalue weighted by atomic mass is 19.1. The first-order valence-electron chi connectivity index (χ1n) is 8.03. The summed E-state index contributed by atoms with van der Waals surface area (Å²) in [6.45, 7) is 1.96. The molecule has 0 fully saturated rings. The Kier molecular flexibility index (Phi) is 4.01. The van der Waals surface area contributed by atoms with Crippen LogP contribution in [0.5, 0.6) is 0 Å². The van der Waals surface area contributed by atoms with Gasteiger partial charge in [-0.15, -0.1) is 10.2 Å². The SMILES string of the molecule is Cc1cccc(N=Nc2c(-c3cc(F)ccc3F)nc3ccccn23)c1. The van der Waals surface area contributed by atoms with E-state index in [0.29, 0.717) is 17.2 Å². The third kappa shape index (κ3) is 2.97. The molecule has 6 heteroatoms. The molecule has 0 aliphatic carbocycles. The van der Waals surface area contributed by atoms with Crippen molar-refractivity contribution < 1.29 is 8.78 Å². The van der Waals surface area contributed by atoms with Gasteiger partial charge in [-0.3, -0.25) is 4.40 Å². The summed E-state index contributed by atoms with van der Waals surface area (Å²) in [4.78, 5) is 4.42. The largest absolute Gasteiger partial charge is 0.283 e. The number of benzene rings is 2. The minimum absolute atomic E-state index is 0.0480. The molecule has 2 aromatic heterocycles. The monoisotopic (exact) mass is 348 g/mol. The number of azo groups is 1. The molecular weight excluding hydrogens is 334 g/mol. The smallest absolute Gasteiger partial charge is 0.187 e. The van der Waals surface area contributed by atoms with Gasteiger partial charge in [-0.05, 0) is 55.0 Å². The van der Waals surface area contributed by atoms with Crippen LogP contribution in [0.2, 0.25) is 0 Å². The lowest BCUT2D eigenvalue weighted by molar-refractivity contribution is 0.603.